The summed E-state index contributed by atoms with van der Waals surface area (Å²) in [6.45, 7) is -2.02. The third-order valence-electron chi connectivity index (χ3n) is 1.73. The number of benzene rings is 1. The minimum atomic E-state index is -3.16. The van der Waals surface area contributed by atoms with Crippen molar-refractivity contribution >= 4 is 11.5 Å². The Balaban J connectivity index is 3.28. The molecule has 3 nitrogen and oxygen atoms in total. The maximum Gasteiger partial charge on any atom is 0.387 e. The number of ketones is 1. The van der Waals surface area contributed by atoms with Crippen LogP contribution in [0.15, 0.2) is 12.1 Å². The molecule has 82 valence electrons. The van der Waals surface area contributed by atoms with Crippen molar-refractivity contribution in [2.75, 3.05) is 5.73 Å². The van der Waals surface area contributed by atoms with E-state index in [1.165, 1.54) is 0 Å². The lowest BCUT2D eigenvalue weighted by molar-refractivity contribution is -0.0497. The number of alkyl halides is 2. The lowest BCUT2D eigenvalue weighted by Crippen LogP contribution is -2.10. The first-order chi connectivity index (χ1) is 6.93. The van der Waals surface area contributed by atoms with Crippen molar-refractivity contribution in [3.8, 4) is 5.75 Å². The highest BCUT2D eigenvalue weighted by molar-refractivity contribution is 5.98. The van der Waals surface area contributed by atoms with Crippen LogP contribution in [0.25, 0.3) is 0 Å². The predicted molar refractivity (Wildman–Crippen MR) is 47.4 cm³/mol. The van der Waals surface area contributed by atoms with E-state index in [-0.39, 0.29) is 5.56 Å². The molecule has 0 unspecified atom stereocenters. The zero-order chi connectivity index (χ0) is 11.6. The molecule has 0 amide bonds. The third-order valence-corrected chi connectivity index (χ3v) is 1.73. The molecule has 0 saturated carbocycles. The van der Waals surface area contributed by atoms with Crippen molar-refractivity contribution in [1.29, 1.82) is 0 Å². The summed E-state index contributed by atoms with van der Waals surface area (Å²) >= 11 is 0. The average Bonchev–Trinajstić information content (AvgIpc) is 2.12. The van der Waals surface area contributed by atoms with Gasteiger partial charge in [0.1, 0.15) is 11.5 Å². The molecule has 1 rings (SSSR count). The summed E-state index contributed by atoms with van der Waals surface area (Å²) < 4.78 is 40.8. The number of ether oxygens (including phenoxy) is 1. The number of rotatable bonds is 3. The molecule has 0 aliphatic rings. The van der Waals surface area contributed by atoms with Gasteiger partial charge in [0, 0.05) is 0 Å². The van der Waals surface area contributed by atoms with Crippen LogP contribution in [0.4, 0.5) is 18.9 Å². The van der Waals surface area contributed by atoms with Gasteiger partial charge in [0.25, 0.3) is 0 Å². The van der Waals surface area contributed by atoms with E-state index in [0.717, 1.165) is 19.1 Å². The van der Waals surface area contributed by atoms with Crippen molar-refractivity contribution in [1.82, 2.24) is 0 Å². The second-order valence-electron chi connectivity index (χ2n) is 2.77. The molecule has 0 bridgehead atoms. The summed E-state index contributed by atoms with van der Waals surface area (Å²) in [5, 5.41) is 0. The maximum atomic E-state index is 12.9. The molecule has 1 aromatic rings. The molecule has 0 heterocycles. The first kappa shape index (κ1) is 11.4. The fraction of sp³-hybridized carbons (Fsp3) is 0.222. The van der Waals surface area contributed by atoms with Crippen molar-refractivity contribution in [2.24, 2.45) is 0 Å². The van der Waals surface area contributed by atoms with Crippen LogP contribution < -0.4 is 10.5 Å². The second-order valence-corrected chi connectivity index (χ2v) is 2.77. The number of halogens is 3. The first-order valence-corrected chi connectivity index (χ1v) is 3.97. The molecule has 0 aliphatic carbocycles. The van der Waals surface area contributed by atoms with Crippen molar-refractivity contribution in [3.05, 3.63) is 23.5 Å². The van der Waals surface area contributed by atoms with Crippen molar-refractivity contribution in [2.45, 2.75) is 13.5 Å². The van der Waals surface area contributed by atoms with Crippen LogP contribution in [0.5, 0.6) is 5.75 Å². The quantitative estimate of drug-likeness (QED) is 0.626. The van der Waals surface area contributed by atoms with Gasteiger partial charge in [-0.15, -0.1) is 0 Å². The third kappa shape index (κ3) is 2.39. The molecule has 0 radical (unpaired) electrons. The van der Waals surface area contributed by atoms with Gasteiger partial charge >= 0.3 is 6.61 Å². The van der Waals surface area contributed by atoms with E-state index >= 15 is 0 Å². The summed E-state index contributed by atoms with van der Waals surface area (Å²) in [5.41, 5.74) is 4.42. The normalized spacial score (nSPS) is 10.5. The Labute approximate surface area is 83.6 Å². The standard InChI is InChI=1S/C9H8F3NO2/c1-4(14)5-2-3-6(10)7(13)8(5)15-9(11)12/h2-3,9H,13H2,1H3. The molecule has 0 aromatic heterocycles. The number of nitrogen functional groups attached to an aromatic ring is 1. The van der Waals surface area contributed by atoms with Gasteiger partial charge in [-0.05, 0) is 19.1 Å². The highest BCUT2D eigenvalue weighted by Crippen LogP contribution is 2.30. The van der Waals surface area contributed by atoms with E-state index in [9.17, 15) is 18.0 Å². The monoisotopic (exact) mass is 219 g/mol. The summed E-state index contributed by atoms with van der Waals surface area (Å²) in [6, 6.07) is 1.97. The highest BCUT2D eigenvalue weighted by atomic mass is 19.3. The van der Waals surface area contributed by atoms with Gasteiger partial charge in [-0.1, -0.05) is 0 Å². The summed E-state index contributed by atoms with van der Waals surface area (Å²) in [6.07, 6.45) is 0. The van der Waals surface area contributed by atoms with E-state index in [1.54, 1.807) is 0 Å². The molecule has 15 heavy (non-hydrogen) atoms. The van der Waals surface area contributed by atoms with Crippen molar-refractivity contribution in [3.63, 3.8) is 0 Å². The molecule has 0 saturated heterocycles. The SMILES string of the molecule is CC(=O)c1ccc(F)c(N)c1OC(F)F. The highest BCUT2D eigenvalue weighted by Gasteiger charge is 2.18. The molecule has 1 aromatic carbocycles. The van der Waals surface area contributed by atoms with E-state index in [4.69, 9.17) is 5.73 Å². The Hall–Kier alpha value is -1.72. The number of carbonyl (C=O) groups excluding carboxylic acids is 1. The van der Waals surface area contributed by atoms with Gasteiger partial charge in [0.2, 0.25) is 0 Å². The molecule has 0 aliphatic heterocycles. The number of nitrogens with two attached hydrogens (primary N) is 1. The topological polar surface area (TPSA) is 52.3 Å². The van der Waals surface area contributed by atoms with Gasteiger partial charge in [-0.2, -0.15) is 8.78 Å². The van der Waals surface area contributed by atoms with Crippen LogP contribution >= 0.6 is 0 Å². The Morgan fingerprint density at radius 2 is 2.07 bits per heavy atom. The van der Waals surface area contributed by atoms with Crippen LogP contribution in [0.3, 0.4) is 0 Å². The summed E-state index contributed by atoms with van der Waals surface area (Å²) in [4.78, 5) is 11.0. The number of hydrogen-bond donors (Lipinski definition) is 1. The molecule has 0 atom stereocenters. The summed E-state index contributed by atoms with van der Waals surface area (Å²) in [7, 11) is 0. The summed E-state index contributed by atoms with van der Waals surface area (Å²) in [5.74, 6) is -2.05. The fourth-order valence-corrected chi connectivity index (χ4v) is 1.07. The number of hydrogen-bond acceptors (Lipinski definition) is 3. The van der Waals surface area contributed by atoms with Crippen LogP contribution in [0, 0.1) is 5.82 Å². The van der Waals surface area contributed by atoms with Crippen LogP contribution in [-0.2, 0) is 0 Å². The molecular formula is C9H8F3NO2. The first-order valence-electron chi connectivity index (χ1n) is 3.97. The van der Waals surface area contributed by atoms with Crippen LogP contribution in [-0.4, -0.2) is 12.4 Å². The predicted octanol–water partition coefficient (Wildman–Crippen LogP) is 2.21. The van der Waals surface area contributed by atoms with E-state index in [1.807, 2.05) is 0 Å². The minimum absolute atomic E-state index is 0.172. The Kier molecular flexibility index (Phi) is 3.18. The minimum Gasteiger partial charge on any atom is -0.432 e. The molecule has 0 fully saturated rings. The van der Waals surface area contributed by atoms with E-state index in [2.05, 4.69) is 4.74 Å². The molecule has 0 spiro atoms. The van der Waals surface area contributed by atoms with Crippen molar-refractivity contribution < 1.29 is 22.7 Å². The number of anilines is 1. The Bertz CT molecular complexity index is 393. The van der Waals surface area contributed by atoms with E-state index < -0.39 is 29.6 Å². The fourth-order valence-electron chi connectivity index (χ4n) is 1.07. The zero-order valence-corrected chi connectivity index (χ0v) is 7.76. The lowest BCUT2D eigenvalue weighted by atomic mass is 10.1. The van der Waals surface area contributed by atoms with Gasteiger partial charge < -0.3 is 10.5 Å². The largest absolute Gasteiger partial charge is 0.432 e. The van der Waals surface area contributed by atoms with Crippen LogP contribution in [0.1, 0.15) is 17.3 Å². The van der Waals surface area contributed by atoms with Gasteiger partial charge in [0.15, 0.2) is 11.5 Å². The second kappa shape index (κ2) is 4.20. The molecule has 2 N–H and O–H groups in total. The number of carbonyl (C=O) groups is 1. The van der Waals surface area contributed by atoms with Gasteiger partial charge in [0.05, 0.1) is 5.56 Å². The van der Waals surface area contributed by atoms with Crippen LogP contribution in [0.2, 0.25) is 0 Å². The Morgan fingerprint density at radius 3 is 2.53 bits per heavy atom. The van der Waals surface area contributed by atoms with E-state index in [0.29, 0.717) is 0 Å². The molecular weight excluding hydrogens is 211 g/mol. The molecule has 6 heteroatoms. The van der Waals surface area contributed by atoms with Gasteiger partial charge in [-0.25, -0.2) is 4.39 Å². The average molecular weight is 219 g/mol. The number of Topliss-reactive ketones (excluding diaryl/α,β-unsaturated/α-hetero) is 1. The Morgan fingerprint density at radius 1 is 1.47 bits per heavy atom. The smallest absolute Gasteiger partial charge is 0.387 e. The maximum absolute atomic E-state index is 12.9. The van der Waals surface area contributed by atoms with Gasteiger partial charge in [-0.3, -0.25) is 4.79 Å². The lowest BCUT2D eigenvalue weighted by Gasteiger charge is -2.11. The zero-order valence-electron chi connectivity index (χ0n) is 7.76.